The summed E-state index contributed by atoms with van der Waals surface area (Å²) >= 11 is 0. The van der Waals surface area contributed by atoms with Crippen molar-refractivity contribution in [1.82, 2.24) is 31.5 Å². The van der Waals surface area contributed by atoms with E-state index in [9.17, 15) is 33.6 Å². The molecule has 0 aromatic carbocycles. The van der Waals surface area contributed by atoms with E-state index in [2.05, 4.69) is 26.6 Å². The van der Waals surface area contributed by atoms with Crippen LogP contribution in [0, 0.1) is 0 Å². The molecule has 0 unspecified atom stereocenters. The fraction of sp³-hybridized carbons (Fsp3) is 0.526. The Hall–Kier alpha value is -3.81. The van der Waals surface area contributed by atoms with E-state index in [0.29, 0.717) is 19.3 Å². The minimum atomic E-state index is -0.644. The molecule has 14 heteroatoms. The highest BCUT2D eigenvalue weighted by molar-refractivity contribution is 6.12. The molecule has 0 saturated heterocycles. The SMILES string of the molecule is O=C(CCCCCN1C(=O)C=CC1=O)NCC(=O)NCC(=O)NCC(=O)NCC(=O)NCO. The van der Waals surface area contributed by atoms with Gasteiger partial charge in [-0.05, 0) is 12.8 Å². The summed E-state index contributed by atoms with van der Waals surface area (Å²) < 4.78 is 0. The monoisotopic (exact) mass is 468 g/mol. The highest BCUT2D eigenvalue weighted by atomic mass is 16.3. The van der Waals surface area contributed by atoms with Gasteiger partial charge in [-0.15, -0.1) is 0 Å². The van der Waals surface area contributed by atoms with Crippen molar-refractivity contribution in [2.75, 3.05) is 39.5 Å². The number of carbonyl (C=O) groups excluding carboxylic acids is 7. The van der Waals surface area contributed by atoms with Crippen LogP contribution in [0.3, 0.4) is 0 Å². The molecule has 1 rings (SSSR count). The second-order valence-electron chi connectivity index (χ2n) is 6.84. The van der Waals surface area contributed by atoms with Crippen molar-refractivity contribution in [2.45, 2.75) is 25.7 Å². The van der Waals surface area contributed by atoms with Gasteiger partial charge >= 0.3 is 0 Å². The molecule has 0 spiro atoms. The van der Waals surface area contributed by atoms with Crippen molar-refractivity contribution >= 4 is 41.4 Å². The maximum absolute atomic E-state index is 11.8. The van der Waals surface area contributed by atoms with Gasteiger partial charge in [-0.3, -0.25) is 38.5 Å². The Labute approximate surface area is 189 Å². The molecule has 0 aromatic rings. The van der Waals surface area contributed by atoms with Gasteiger partial charge in [0.25, 0.3) is 11.8 Å². The second-order valence-corrected chi connectivity index (χ2v) is 6.84. The smallest absolute Gasteiger partial charge is 0.253 e. The number of aliphatic hydroxyl groups excluding tert-OH is 1. The number of nitrogens with one attached hydrogen (secondary N) is 5. The lowest BCUT2D eigenvalue weighted by atomic mass is 10.2. The number of aliphatic hydroxyl groups is 1. The summed E-state index contributed by atoms with van der Waals surface area (Å²) in [5.41, 5.74) is 0. The predicted molar refractivity (Wildman–Crippen MR) is 112 cm³/mol. The van der Waals surface area contributed by atoms with Crippen LogP contribution in [0.2, 0.25) is 0 Å². The summed E-state index contributed by atoms with van der Waals surface area (Å²) in [5.74, 6) is -3.51. The quantitative estimate of drug-likeness (QED) is 0.0792. The largest absolute Gasteiger partial charge is 0.376 e. The third-order valence-electron chi connectivity index (χ3n) is 4.25. The first-order valence-corrected chi connectivity index (χ1v) is 10.2. The van der Waals surface area contributed by atoms with E-state index in [4.69, 9.17) is 5.11 Å². The Bertz CT molecular complexity index is 779. The van der Waals surface area contributed by atoms with Crippen LogP contribution in [0.1, 0.15) is 25.7 Å². The van der Waals surface area contributed by atoms with Crippen molar-refractivity contribution in [1.29, 1.82) is 0 Å². The van der Waals surface area contributed by atoms with Crippen LogP contribution in [0.15, 0.2) is 12.2 Å². The number of hydrogen-bond donors (Lipinski definition) is 6. The van der Waals surface area contributed by atoms with Crippen LogP contribution in [-0.2, 0) is 33.6 Å². The van der Waals surface area contributed by atoms with Crippen LogP contribution in [-0.4, -0.2) is 90.8 Å². The standard InChI is InChI=1S/C19H28N6O8/c26-12-24-17(31)11-23-16(30)10-22-15(29)9-21-14(28)8-20-13(27)4-2-1-3-7-25-18(32)5-6-19(25)33/h5-6,26H,1-4,7-12H2,(H,20,27)(H,21,28)(H,22,29)(H,23,30)(H,24,31). The third kappa shape index (κ3) is 12.0. The first-order valence-electron chi connectivity index (χ1n) is 10.2. The Morgan fingerprint density at radius 2 is 1.06 bits per heavy atom. The van der Waals surface area contributed by atoms with Gasteiger partial charge < -0.3 is 31.7 Å². The van der Waals surface area contributed by atoms with E-state index in [1.54, 1.807) is 0 Å². The minimum absolute atomic E-state index is 0.166. The Kier molecular flexibility index (Phi) is 12.4. The zero-order valence-electron chi connectivity index (χ0n) is 18.0. The summed E-state index contributed by atoms with van der Waals surface area (Å²) in [7, 11) is 0. The van der Waals surface area contributed by atoms with Crippen LogP contribution in [0.5, 0.6) is 0 Å². The molecule has 0 atom stereocenters. The maximum Gasteiger partial charge on any atom is 0.253 e. The Morgan fingerprint density at radius 3 is 1.52 bits per heavy atom. The van der Waals surface area contributed by atoms with Gasteiger partial charge in [0.15, 0.2) is 0 Å². The van der Waals surface area contributed by atoms with Gasteiger partial charge in [-0.25, -0.2) is 0 Å². The number of nitrogens with zero attached hydrogens (tertiary/aromatic N) is 1. The van der Waals surface area contributed by atoms with Crippen LogP contribution in [0.25, 0.3) is 0 Å². The highest BCUT2D eigenvalue weighted by Gasteiger charge is 2.22. The van der Waals surface area contributed by atoms with Crippen LogP contribution in [0.4, 0.5) is 0 Å². The first-order chi connectivity index (χ1) is 15.7. The minimum Gasteiger partial charge on any atom is -0.376 e. The summed E-state index contributed by atoms with van der Waals surface area (Å²) in [4.78, 5) is 81.5. The fourth-order valence-electron chi connectivity index (χ4n) is 2.53. The van der Waals surface area contributed by atoms with Gasteiger partial charge in [0.1, 0.15) is 6.73 Å². The normalized spacial score (nSPS) is 12.3. The van der Waals surface area contributed by atoms with Crippen LogP contribution < -0.4 is 26.6 Å². The van der Waals surface area contributed by atoms with Crippen LogP contribution >= 0.6 is 0 Å². The second kappa shape index (κ2) is 15.1. The highest BCUT2D eigenvalue weighted by Crippen LogP contribution is 2.07. The zero-order chi connectivity index (χ0) is 24.6. The molecule has 0 aliphatic carbocycles. The van der Waals surface area contributed by atoms with E-state index in [1.807, 2.05) is 0 Å². The first kappa shape index (κ1) is 27.2. The van der Waals surface area contributed by atoms with E-state index in [-0.39, 0.29) is 43.8 Å². The molecular weight excluding hydrogens is 440 g/mol. The Balaban J connectivity index is 2.04. The lowest BCUT2D eigenvalue weighted by Gasteiger charge is -2.13. The predicted octanol–water partition coefficient (Wildman–Crippen LogP) is -4.00. The molecule has 0 radical (unpaired) electrons. The van der Waals surface area contributed by atoms with E-state index in [1.165, 1.54) is 12.2 Å². The Morgan fingerprint density at radius 1 is 0.636 bits per heavy atom. The third-order valence-corrected chi connectivity index (χ3v) is 4.25. The van der Waals surface area contributed by atoms with Crippen molar-refractivity contribution in [3.8, 4) is 0 Å². The zero-order valence-corrected chi connectivity index (χ0v) is 18.0. The van der Waals surface area contributed by atoms with Gasteiger partial charge in [-0.2, -0.15) is 0 Å². The van der Waals surface area contributed by atoms with Gasteiger partial charge in [0.2, 0.25) is 29.5 Å². The van der Waals surface area contributed by atoms with Gasteiger partial charge in [0.05, 0.1) is 26.2 Å². The summed E-state index contributed by atoms with van der Waals surface area (Å²) in [5, 5.41) is 19.7. The lowest BCUT2D eigenvalue weighted by molar-refractivity contribution is -0.137. The average Bonchev–Trinajstić information content (AvgIpc) is 3.10. The molecule has 6 N–H and O–H groups in total. The molecule has 0 fully saturated rings. The lowest BCUT2D eigenvalue weighted by Crippen LogP contribution is -2.45. The number of carbonyl (C=O) groups is 7. The van der Waals surface area contributed by atoms with E-state index < -0.39 is 43.4 Å². The molecule has 33 heavy (non-hydrogen) atoms. The van der Waals surface area contributed by atoms with Crippen molar-refractivity contribution in [3.63, 3.8) is 0 Å². The number of hydrogen-bond acceptors (Lipinski definition) is 8. The molecule has 182 valence electrons. The van der Waals surface area contributed by atoms with Crippen molar-refractivity contribution < 1.29 is 38.7 Å². The summed E-state index contributed by atoms with van der Waals surface area (Å²) in [6.07, 6.45) is 4.30. The average molecular weight is 468 g/mol. The van der Waals surface area contributed by atoms with Gasteiger partial charge in [0, 0.05) is 25.1 Å². The fourth-order valence-corrected chi connectivity index (χ4v) is 2.53. The van der Waals surface area contributed by atoms with Crippen molar-refractivity contribution in [2.24, 2.45) is 0 Å². The van der Waals surface area contributed by atoms with E-state index in [0.717, 1.165) is 4.90 Å². The number of amides is 7. The number of imide groups is 1. The van der Waals surface area contributed by atoms with Gasteiger partial charge in [-0.1, -0.05) is 6.42 Å². The van der Waals surface area contributed by atoms with Crippen molar-refractivity contribution in [3.05, 3.63) is 12.2 Å². The number of rotatable bonds is 15. The maximum atomic E-state index is 11.8. The molecular formula is C19H28N6O8. The molecule has 0 bridgehead atoms. The molecule has 0 saturated carbocycles. The molecule has 14 nitrogen and oxygen atoms in total. The molecule has 7 amide bonds. The number of unbranched alkanes of at least 4 members (excludes halogenated alkanes) is 2. The van der Waals surface area contributed by atoms with E-state index >= 15 is 0 Å². The molecule has 1 aliphatic heterocycles. The summed E-state index contributed by atoms with van der Waals surface area (Å²) in [6.45, 7) is -1.77. The topological polar surface area (TPSA) is 203 Å². The molecule has 0 aromatic heterocycles. The molecule has 1 aliphatic rings. The molecule has 1 heterocycles. The summed E-state index contributed by atoms with van der Waals surface area (Å²) in [6, 6.07) is 0.